The Morgan fingerprint density at radius 3 is 2.53 bits per heavy atom. The standard InChI is InChI=1S/C28H46O2/c1-17(2)18(3)7-8-19(4)26-25(30)16-24-22-10-9-20-15-21(29)11-13-27(20,5)23(22)12-14-28(24,26)6/h9,19,21-26,29-30H,7-8,10-16H2,1-6H3/t19-,21+,22-,23+,24+,25+,26+,27+,28+/m1/s1. The third kappa shape index (κ3) is 3.54. The van der Waals surface area contributed by atoms with Gasteiger partial charge in [-0.15, -0.1) is 0 Å². The SMILES string of the molecule is CC(C)=C(C)CC[C@@H](C)[C@H]1[C@@H](O)C[C@H]2[C@@H]3CC=C4C[C@@H](O)CC[C@]4(C)[C@H]3CC[C@]12C. The second-order valence-corrected chi connectivity index (χ2v) is 12.3. The number of fused-ring (bicyclic) bond motifs is 5. The molecule has 170 valence electrons. The highest BCUT2D eigenvalue weighted by molar-refractivity contribution is 5.25. The molecule has 0 amide bonds. The molecule has 0 aromatic carbocycles. The maximum Gasteiger partial charge on any atom is 0.0579 e. The largest absolute Gasteiger partial charge is 0.393 e. The van der Waals surface area contributed by atoms with E-state index in [4.69, 9.17) is 0 Å². The molecule has 0 radical (unpaired) electrons. The van der Waals surface area contributed by atoms with Gasteiger partial charge in [0.05, 0.1) is 12.2 Å². The normalized spacial score (nSPS) is 46.3. The fraction of sp³-hybridized carbons (Fsp3) is 0.857. The summed E-state index contributed by atoms with van der Waals surface area (Å²) in [6, 6.07) is 0. The Labute approximate surface area is 185 Å². The van der Waals surface area contributed by atoms with E-state index in [-0.39, 0.29) is 17.6 Å². The summed E-state index contributed by atoms with van der Waals surface area (Å²) in [6.07, 6.45) is 12.4. The third-order valence-electron chi connectivity index (χ3n) is 10.6. The van der Waals surface area contributed by atoms with Crippen molar-refractivity contribution < 1.29 is 10.2 Å². The van der Waals surface area contributed by atoms with Crippen LogP contribution in [-0.2, 0) is 0 Å². The molecule has 4 aliphatic rings. The van der Waals surface area contributed by atoms with E-state index in [9.17, 15) is 10.2 Å². The number of hydrogen-bond acceptors (Lipinski definition) is 2. The molecule has 2 N–H and O–H groups in total. The molecule has 9 atom stereocenters. The lowest BCUT2D eigenvalue weighted by Crippen LogP contribution is -2.51. The van der Waals surface area contributed by atoms with Crippen LogP contribution in [0.4, 0.5) is 0 Å². The van der Waals surface area contributed by atoms with Crippen LogP contribution in [0, 0.1) is 40.4 Å². The van der Waals surface area contributed by atoms with Crippen LogP contribution in [0.25, 0.3) is 0 Å². The lowest BCUT2D eigenvalue weighted by atomic mass is 9.47. The minimum absolute atomic E-state index is 0.127. The molecular weight excluding hydrogens is 368 g/mol. The fourth-order valence-corrected chi connectivity index (χ4v) is 8.60. The highest BCUT2D eigenvalue weighted by atomic mass is 16.3. The molecular formula is C28H46O2. The molecule has 3 fully saturated rings. The van der Waals surface area contributed by atoms with E-state index in [1.165, 1.54) is 43.3 Å². The van der Waals surface area contributed by atoms with Crippen LogP contribution in [0.15, 0.2) is 22.8 Å². The summed E-state index contributed by atoms with van der Waals surface area (Å²) in [4.78, 5) is 0. The van der Waals surface area contributed by atoms with Crippen molar-refractivity contribution in [3.63, 3.8) is 0 Å². The summed E-state index contributed by atoms with van der Waals surface area (Å²) in [5, 5.41) is 21.5. The zero-order chi connectivity index (χ0) is 21.8. The highest BCUT2D eigenvalue weighted by Crippen LogP contribution is 2.67. The van der Waals surface area contributed by atoms with E-state index in [2.05, 4.69) is 47.6 Å². The summed E-state index contributed by atoms with van der Waals surface area (Å²) in [7, 11) is 0. The van der Waals surface area contributed by atoms with Crippen molar-refractivity contribution in [2.75, 3.05) is 0 Å². The van der Waals surface area contributed by atoms with Crippen molar-refractivity contribution in [1.29, 1.82) is 0 Å². The molecule has 4 aliphatic carbocycles. The van der Waals surface area contributed by atoms with Crippen LogP contribution in [0.2, 0.25) is 0 Å². The maximum atomic E-state index is 11.3. The van der Waals surface area contributed by atoms with Gasteiger partial charge in [-0.2, -0.15) is 0 Å². The summed E-state index contributed by atoms with van der Waals surface area (Å²) in [6.45, 7) is 14.2. The minimum Gasteiger partial charge on any atom is -0.393 e. The Morgan fingerprint density at radius 1 is 1.10 bits per heavy atom. The van der Waals surface area contributed by atoms with E-state index in [0.29, 0.717) is 23.2 Å². The summed E-state index contributed by atoms with van der Waals surface area (Å²) < 4.78 is 0. The van der Waals surface area contributed by atoms with Crippen LogP contribution >= 0.6 is 0 Å². The smallest absolute Gasteiger partial charge is 0.0579 e. The first-order chi connectivity index (χ1) is 14.1. The van der Waals surface area contributed by atoms with Gasteiger partial charge in [0.15, 0.2) is 0 Å². The predicted molar refractivity (Wildman–Crippen MR) is 125 cm³/mol. The number of aliphatic hydroxyl groups is 2. The van der Waals surface area contributed by atoms with Crippen molar-refractivity contribution in [3.8, 4) is 0 Å². The molecule has 0 aromatic heterocycles. The minimum atomic E-state index is -0.132. The van der Waals surface area contributed by atoms with Gasteiger partial charge < -0.3 is 10.2 Å². The first kappa shape index (κ1) is 22.6. The predicted octanol–water partition coefficient (Wildman–Crippen LogP) is 6.67. The summed E-state index contributed by atoms with van der Waals surface area (Å²) in [5.74, 6) is 3.15. The number of rotatable bonds is 4. The van der Waals surface area contributed by atoms with Gasteiger partial charge in [-0.05, 0) is 119 Å². The molecule has 0 aromatic rings. The van der Waals surface area contributed by atoms with Gasteiger partial charge >= 0.3 is 0 Å². The molecule has 0 aliphatic heterocycles. The second kappa shape index (κ2) is 8.07. The Hall–Kier alpha value is -0.600. The van der Waals surface area contributed by atoms with E-state index in [0.717, 1.165) is 37.5 Å². The van der Waals surface area contributed by atoms with Crippen molar-refractivity contribution in [2.45, 2.75) is 112 Å². The Balaban J connectivity index is 1.55. The lowest BCUT2D eigenvalue weighted by molar-refractivity contribution is -0.0617. The van der Waals surface area contributed by atoms with Crippen LogP contribution < -0.4 is 0 Å². The van der Waals surface area contributed by atoms with E-state index in [1.54, 1.807) is 5.57 Å². The molecule has 0 unspecified atom stereocenters. The van der Waals surface area contributed by atoms with Crippen molar-refractivity contribution in [3.05, 3.63) is 22.8 Å². The lowest BCUT2D eigenvalue weighted by Gasteiger charge is -2.58. The first-order valence-electron chi connectivity index (χ1n) is 12.8. The van der Waals surface area contributed by atoms with Crippen LogP contribution in [0.5, 0.6) is 0 Å². The van der Waals surface area contributed by atoms with Gasteiger partial charge in [-0.1, -0.05) is 43.6 Å². The van der Waals surface area contributed by atoms with Gasteiger partial charge in [0.2, 0.25) is 0 Å². The molecule has 4 rings (SSSR count). The van der Waals surface area contributed by atoms with Crippen LogP contribution in [0.3, 0.4) is 0 Å². The molecule has 30 heavy (non-hydrogen) atoms. The Kier molecular flexibility index (Phi) is 6.08. The molecule has 2 heteroatoms. The molecule has 0 spiro atoms. The molecule has 3 saturated carbocycles. The number of hydrogen-bond donors (Lipinski definition) is 2. The molecule has 0 bridgehead atoms. The van der Waals surface area contributed by atoms with Gasteiger partial charge in [0.1, 0.15) is 0 Å². The summed E-state index contributed by atoms with van der Waals surface area (Å²) in [5.41, 5.74) is 5.10. The van der Waals surface area contributed by atoms with Gasteiger partial charge in [-0.3, -0.25) is 0 Å². The van der Waals surface area contributed by atoms with E-state index < -0.39 is 0 Å². The highest BCUT2D eigenvalue weighted by Gasteiger charge is 2.61. The Morgan fingerprint density at radius 2 is 1.83 bits per heavy atom. The monoisotopic (exact) mass is 414 g/mol. The van der Waals surface area contributed by atoms with Crippen molar-refractivity contribution >= 4 is 0 Å². The summed E-state index contributed by atoms with van der Waals surface area (Å²) >= 11 is 0. The quantitative estimate of drug-likeness (QED) is 0.504. The number of aliphatic hydroxyl groups excluding tert-OH is 2. The second-order valence-electron chi connectivity index (χ2n) is 12.3. The average Bonchev–Trinajstić information content (AvgIpc) is 2.96. The number of allylic oxidation sites excluding steroid dienone is 3. The fourth-order valence-electron chi connectivity index (χ4n) is 8.60. The zero-order valence-electron chi connectivity index (χ0n) is 20.4. The zero-order valence-corrected chi connectivity index (χ0v) is 20.4. The van der Waals surface area contributed by atoms with E-state index in [1.807, 2.05) is 0 Å². The molecule has 0 heterocycles. The average molecular weight is 415 g/mol. The molecule has 2 nitrogen and oxygen atoms in total. The Bertz CT molecular complexity index is 716. The topological polar surface area (TPSA) is 40.5 Å². The van der Waals surface area contributed by atoms with Crippen LogP contribution in [-0.4, -0.2) is 22.4 Å². The van der Waals surface area contributed by atoms with Gasteiger partial charge in [0.25, 0.3) is 0 Å². The van der Waals surface area contributed by atoms with Crippen LogP contribution in [0.1, 0.15) is 99.3 Å². The van der Waals surface area contributed by atoms with E-state index >= 15 is 0 Å². The van der Waals surface area contributed by atoms with Gasteiger partial charge in [-0.25, -0.2) is 0 Å². The van der Waals surface area contributed by atoms with Crippen molar-refractivity contribution in [2.24, 2.45) is 40.4 Å². The molecule has 0 saturated heterocycles. The van der Waals surface area contributed by atoms with Crippen molar-refractivity contribution in [1.82, 2.24) is 0 Å². The first-order valence-corrected chi connectivity index (χ1v) is 12.8. The third-order valence-corrected chi connectivity index (χ3v) is 10.6. The van der Waals surface area contributed by atoms with Gasteiger partial charge in [0, 0.05) is 0 Å². The maximum absolute atomic E-state index is 11.3.